The predicted molar refractivity (Wildman–Crippen MR) is 95.1 cm³/mol. The molecule has 0 amide bonds. The second kappa shape index (κ2) is 6.72. The van der Waals surface area contributed by atoms with Gasteiger partial charge in [0.2, 0.25) is 0 Å². The molecule has 0 spiro atoms. The highest BCUT2D eigenvalue weighted by molar-refractivity contribution is 7.88. The summed E-state index contributed by atoms with van der Waals surface area (Å²) in [6.45, 7) is 2.10. The van der Waals surface area contributed by atoms with Crippen molar-refractivity contribution in [3.8, 4) is 17.6 Å². The highest BCUT2D eigenvalue weighted by Crippen LogP contribution is 2.34. The van der Waals surface area contributed by atoms with Gasteiger partial charge in [-0.3, -0.25) is 0 Å². The van der Waals surface area contributed by atoms with Crippen molar-refractivity contribution in [2.24, 2.45) is 0 Å². The number of nitriles is 1. The van der Waals surface area contributed by atoms with Crippen LogP contribution in [0.15, 0.2) is 30.3 Å². The van der Waals surface area contributed by atoms with E-state index < -0.39 is 21.4 Å². The molecule has 0 fully saturated rings. The van der Waals surface area contributed by atoms with E-state index in [1.165, 1.54) is 6.07 Å². The average Bonchev–Trinajstić information content (AvgIpc) is 2.59. The van der Waals surface area contributed by atoms with E-state index >= 15 is 0 Å². The van der Waals surface area contributed by atoms with Crippen molar-refractivity contribution in [2.75, 3.05) is 12.3 Å². The number of hydrogen-bond donors (Lipinski definition) is 1. The van der Waals surface area contributed by atoms with Crippen LogP contribution in [0.4, 0.5) is 18.9 Å². The number of benzene rings is 2. The van der Waals surface area contributed by atoms with E-state index in [1.807, 2.05) is 6.07 Å². The molecule has 0 aliphatic rings. The number of alkyl halides is 3. The third-order valence-corrected chi connectivity index (χ3v) is 4.73. The van der Waals surface area contributed by atoms with Gasteiger partial charge in [0, 0.05) is 16.8 Å². The van der Waals surface area contributed by atoms with Gasteiger partial charge in [-0.2, -0.15) is 26.9 Å². The number of rotatable bonds is 4. The summed E-state index contributed by atoms with van der Waals surface area (Å²) in [6, 6.07) is 8.69. The molecule has 2 aromatic carbocycles. The van der Waals surface area contributed by atoms with E-state index in [0.717, 1.165) is 12.1 Å². The summed E-state index contributed by atoms with van der Waals surface area (Å²) in [5, 5.41) is 10.2. The summed E-state index contributed by atoms with van der Waals surface area (Å²) in [7, 11) is -5.84. The Morgan fingerprint density at radius 1 is 1.18 bits per heavy atom. The second-order valence-electron chi connectivity index (χ2n) is 5.61. The standard InChI is InChI=1S/C17H12F3N3O4S/c1-2-26-14-4-3-9-5-10-6-11(27-28(24,25)17(18,19)20)7-13(22)16(10)23-15(9)12(14)8-21/h3-7H,2,22H2,1H3. The minimum absolute atomic E-state index is 0.113. The number of nitrogens with zero attached hydrogens (tertiary/aromatic N) is 2. The number of hydrogen-bond acceptors (Lipinski definition) is 7. The summed E-state index contributed by atoms with van der Waals surface area (Å²) in [5.74, 6) is -0.269. The zero-order valence-corrected chi connectivity index (χ0v) is 15.1. The van der Waals surface area contributed by atoms with Crippen LogP contribution in [0.5, 0.6) is 11.5 Å². The Balaban J connectivity index is 2.20. The van der Waals surface area contributed by atoms with Crippen molar-refractivity contribution in [1.29, 1.82) is 5.26 Å². The molecule has 0 atom stereocenters. The SMILES string of the molecule is CCOc1ccc2cc3cc(OS(=O)(=O)C(F)(F)F)cc(N)c3nc2c1C#N. The molecule has 0 aliphatic carbocycles. The fraction of sp³-hybridized carbons (Fsp3) is 0.176. The van der Waals surface area contributed by atoms with Gasteiger partial charge in [-0.05, 0) is 31.2 Å². The molecule has 0 unspecified atom stereocenters. The minimum Gasteiger partial charge on any atom is -0.492 e. The van der Waals surface area contributed by atoms with Crippen molar-refractivity contribution < 1.29 is 30.5 Å². The van der Waals surface area contributed by atoms with Gasteiger partial charge in [-0.1, -0.05) is 0 Å². The van der Waals surface area contributed by atoms with Crippen molar-refractivity contribution in [1.82, 2.24) is 4.98 Å². The summed E-state index contributed by atoms with van der Waals surface area (Å²) >= 11 is 0. The van der Waals surface area contributed by atoms with Crippen LogP contribution in [0.3, 0.4) is 0 Å². The van der Waals surface area contributed by atoms with Crippen LogP contribution in [0.1, 0.15) is 12.5 Å². The van der Waals surface area contributed by atoms with Gasteiger partial charge in [0.05, 0.1) is 23.3 Å². The first kappa shape index (κ1) is 19.5. The normalized spacial score (nSPS) is 12.1. The van der Waals surface area contributed by atoms with Gasteiger partial charge >= 0.3 is 15.6 Å². The van der Waals surface area contributed by atoms with Gasteiger partial charge in [-0.25, -0.2) is 4.98 Å². The molecule has 11 heteroatoms. The molecule has 0 saturated carbocycles. The number of pyridine rings is 1. The fourth-order valence-electron chi connectivity index (χ4n) is 2.60. The van der Waals surface area contributed by atoms with Gasteiger partial charge < -0.3 is 14.7 Å². The quantitative estimate of drug-likeness (QED) is 0.302. The highest BCUT2D eigenvalue weighted by atomic mass is 32.2. The number of anilines is 1. The molecule has 7 nitrogen and oxygen atoms in total. The van der Waals surface area contributed by atoms with Crippen molar-refractivity contribution in [3.63, 3.8) is 0 Å². The molecule has 0 saturated heterocycles. The first-order valence-electron chi connectivity index (χ1n) is 7.78. The summed E-state index contributed by atoms with van der Waals surface area (Å²) in [5.41, 5.74) is 0.796. The molecular formula is C17H12F3N3O4S. The lowest BCUT2D eigenvalue weighted by atomic mass is 10.1. The zero-order valence-electron chi connectivity index (χ0n) is 14.2. The van der Waals surface area contributed by atoms with Crippen molar-refractivity contribution >= 4 is 37.6 Å². The minimum atomic E-state index is -5.84. The van der Waals surface area contributed by atoms with E-state index in [2.05, 4.69) is 9.17 Å². The van der Waals surface area contributed by atoms with Crippen LogP contribution in [0.2, 0.25) is 0 Å². The van der Waals surface area contributed by atoms with Gasteiger partial charge in [-0.15, -0.1) is 0 Å². The number of nitrogens with two attached hydrogens (primary N) is 1. The largest absolute Gasteiger partial charge is 0.534 e. The topological polar surface area (TPSA) is 115 Å². The van der Waals surface area contributed by atoms with E-state index in [1.54, 1.807) is 19.1 Å². The van der Waals surface area contributed by atoms with Crippen molar-refractivity contribution in [2.45, 2.75) is 12.4 Å². The first-order chi connectivity index (χ1) is 13.1. The predicted octanol–water partition coefficient (Wildman–Crippen LogP) is 3.47. The Morgan fingerprint density at radius 3 is 2.50 bits per heavy atom. The third-order valence-electron chi connectivity index (χ3n) is 3.75. The lowest BCUT2D eigenvalue weighted by Gasteiger charge is -2.12. The Labute approximate surface area is 157 Å². The van der Waals surface area contributed by atoms with Crippen LogP contribution >= 0.6 is 0 Å². The lowest BCUT2D eigenvalue weighted by molar-refractivity contribution is -0.0500. The maximum Gasteiger partial charge on any atom is 0.534 e. The molecule has 3 aromatic rings. The Hall–Kier alpha value is -3.26. The number of nitrogen functional groups attached to an aromatic ring is 1. The Morgan fingerprint density at radius 2 is 1.89 bits per heavy atom. The van der Waals surface area contributed by atoms with Gasteiger partial charge in [0.25, 0.3) is 0 Å². The number of ether oxygens (including phenoxy) is 1. The highest BCUT2D eigenvalue weighted by Gasteiger charge is 2.48. The molecule has 2 N–H and O–H groups in total. The number of fused-ring (bicyclic) bond motifs is 2. The zero-order chi connectivity index (χ0) is 20.7. The van der Waals surface area contributed by atoms with Crippen LogP contribution in [0.25, 0.3) is 21.8 Å². The summed E-state index contributed by atoms with van der Waals surface area (Å²) < 4.78 is 69.5. The van der Waals surface area contributed by atoms with Crippen LogP contribution in [-0.2, 0) is 10.1 Å². The third kappa shape index (κ3) is 3.34. The van der Waals surface area contributed by atoms with E-state index in [4.69, 9.17) is 10.5 Å². The fourth-order valence-corrected chi connectivity index (χ4v) is 3.05. The molecular weight excluding hydrogens is 399 g/mol. The summed E-state index contributed by atoms with van der Waals surface area (Å²) in [4.78, 5) is 4.32. The van der Waals surface area contributed by atoms with Crippen molar-refractivity contribution in [3.05, 3.63) is 35.9 Å². The molecule has 28 heavy (non-hydrogen) atoms. The maximum atomic E-state index is 12.5. The molecule has 146 valence electrons. The van der Waals surface area contributed by atoms with Gasteiger partial charge in [0.15, 0.2) is 0 Å². The van der Waals surface area contributed by atoms with E-state index in [-0.39, 0.29) is 22.2 Å². The molecule has 0 radical (unpaired) electrons. The molecule has 0 aliphatic heterocycles. The smallest absolute Gasteiger partial charge is 0.492 e. The Bertz CT molecular complexity index is 1230. The molecule has 0 bridgehead atoms. The Kier molecular flexibility index (Phi) is 4.68. The van der Waals surface area contributed by atoms with Crippen LogP contribution in [-0.4, -0.2) is 25.5 Å². The maximum absolute atomic E-state index is 12.5. The van der Waals surface area contributed by atoms with E-state index in [0.29, 0.717) is 23.3 Å². The second-order valence-corrected chi connectivity index (χ2v) is 7.15. The van der Waals surface area contributed by atoms with Crippen LogP contribution < -0.4 is 14.7 Å². The molecule has 1 aromatic heterocycles. The summed E-state index contributed by atoms with van der Waals surface area (Å²) in [6.07, 6.45) is 0. The number of halogens is 3. The molecule has 1 heterocycles. The average molecular weight is 411 g/mol. The monoisotopic (exact) mass is 411 g/mol. The van der Waals surface area contributed by atoms with Crippen LogP contribution in [0, 0.1) is 11.3 Å². The molecule has 3 rings (SSSR count). The van der Waals surface area contributed by atoms with E-state index in [9.17, 15) is 26.9 Å². The lowest BCUT2D eigenvalue weighted by Crippen LogP contribution is -2.28. The number of aromatic nitrogens is 1. The van der Waals surface area contributed by atoms with Gasteiger partial charge in [0.1, 0.15) is 23.1 Å². The first-order valence-corrected chi connectivity index (χ1v) is 9.19.